The molecule has 0 saturated carbocycles. The standard InChI is InChI=1S/C14H20BrNO4S/c1-10(9-21(2,17)18)16-8-11-6-12(15)14-13(7-11)19-4-3-5-20-14/h6-7,10,16H,3-5,8-9H2,1-2H3. The molecule has 1 aliphatic heterocycles. The van der Waals surface area contributed by atoms with Crippen molar-refractivity contribution < 1.29 is 17.9 Å². The largest absolute Gasteiger partial charge is 0.490 e. The maximum absolute atomic E-state index is 11.3. The summed E-state index contributed by atoms with van der Waals surface area (Å²) in [6.45, 7) is 3.72. The van der Waals surface area contributed by atoms with Crippen LogP contribution in [0.25, 0.3) is 0 Å². The van der Waals surface area contributed by atoms with Gasteiger partial charge >= 0.3 is 0 Å². The van der Waals surface area contributed by atoms with Crippen molar-refractivity contribution in [1.82, 2.24) is 5.32 Å². The molecule has 1 atom stereocenters. The third kappa shape index (κ3) is 5.16. The number of rotatable bonds is 5. The van der Waals surface area contributed by atoms with E-state index in [1.165, 1.54) is 6.26 Å². The molecule has 1 heterocycles. The van der Waals surface area contributed by atoms with Crippen LogP contribution < -0.4 is 14.8 Å². The molecule has 1 unspecified atom stereocenters. The lowest BCUT2D eigenvalue weighted by Crippen LogP contribution is -2.32. The van der Waals surface area contributed by atoms with E-state index in [0.717, 1.165) is 28.0 Å². The summed E-state index contributed by atoms with van der Waals surface area (Å²) in [6.07, 6.45) is 2.11. The zero-order chi connectivity index (χ0) is 15.5. The molecular weight excluding hydrogens is 358 g/mol. The summed E-state index contributed by atoms with van der Waals surface area (Å²) in [5, 5.41) is 3.21. The van der Waals surface area contributed by atoms with E-state index in [1.54, 1.807) is 0 Å². The van der Waals surface area contributed by atoms with E-state index in [2.05, 4.69) is 21.2 Å². The molecule has 0 amide bonds. The van der Waals surface area contributed by atoms with Crippen LogP contribution >= 0.6 is 15.9 Å². The molecule has 1 aliphatic rings. The van der Waals surface area contributed by atoms with E-state index >= 15 is 0 Å². The maximum Gasteiger partial charge on any atom is 0.175 e. The van der Waals surface area contributed by atoms with Crippen molar-refractivity contribution in [3.8, 4) is 11.5 Å². The molecule has 0 aromatic heterocycles. The molecule has 0 bridgehead atoms. The van der Waals surface area contributed by atoms with Crippen LogP contribution in [0.5, 0.6) is 11.5 Å². The minimum absolute atomic E-state index is 0.102. The molecule has 1 aromatic carbocycles. The lowest BCUT2D eigenvalue weighted by Gasteiger charge is -2.15. The Kier molecular flexibility index (Phi) is 5.51. The van der Waals surface area contributed by atoms with Gasteiger partial charge in [-0.25, -0.2) is 8.42 Å². The van der Waals surface area contributed by atoms with Gasteiger partial charge in [-0.3, -0.25) is 0 Å². The first-order valence-electron chi connectivity index (χ1n) is 6.84. The van der Waals surface area contributed by atoms with Crippen molar-refractivity contribution in [3.63, 3.8) is 0 Å². The molecule has 0 spiro atoms. The predicted octanol–water partition coefficient (Wildman–Crippen LogP) is 2.13. The van der Waals surface area contributed by atoms with Crippen molar-refractivity contribution in [2.45, 2.75) is 25.9 Å². The number of fused-ring (bicyclic) bond motifs is 1. The second kappa shape index (κ2) is 6.98. The van der Waals surface area contributed by atoms with Crippen LogP contribution in [0.2, 0.25) is 0 Å². The first kappa shape index (κ1) is 16.6. The summed E-state index contributed by atoms with van der Waals surface area (Å²) in [6, 6.07) is 3.80. The third-order valence-corrected chi connectivity index (χ3v) is 4.76. The molecule has 0 radical (unpaired) electrons. The molecule has 7 heteroatoms. The van der Waals surface area contributed by atoms with E-state index in [4.69, 9.17) is 9.47 Å². The Bertz CT molecular complexity index is 603. The highest BCUT2D eigenvalue weighted by Crippen LogP contribution is 2.38. The topological polar surface area (TPSA) is 64.6 Å². The summed E-state index contributed by atoms with van der Waals surface area (Å²) in [4.78, 5) is 0. The van der Waals surface area contributed by atoms with Gasteiger partial charge in [0.1, 0.15) is 9.84 Å². The van der Waals surface area contributed by atoms with Gasteiger partial charge in [0.05, 0.1) is 23.4 Å². The fourth-order valence-corrected chi connectivity index (χ4v) is 3.82. The number of nitrogens with one attached hydrogen (secondary N) is 1. The number of hydrogen-bond acceptors (Lipinski definition) is 5. The van der Waals surface area contributed by atoms with Crippen molar-refractivity contribution in [1.29, 1.82) is 0 Å². The van der Waals surface area contributed by atoms with E-state index in [1.807, 2.05) is 19.1 Å². The second-order valence-corrected chi connectivity index (χ2v) is 8.37. The zero-order valence-electron chi connectivity index (χ0n) is 12.2. The molecular formula is C14H20BrNO4S. The van der Waals surface area contributed by atoms with Crippen LogP contribution in [-0.2, 0) is 16.4 Å². The molecule has 0 saturated heterocycles. The first-order chi connectivity index (χ1) is 9.85. The van der Waals surface area contributed by atoms with Crippen LogP contribution in [0, 0.1) is 0 Å². The molecule has 5 nitrogen and oxygen atoms in total. The van der Waals surface area contributed by atoms with E-state index < -0.39 is 9.84 Å². The van der Waals surface area contributed by atoms with E-state index in [-0.39, 0.29) is 11.8 Å². The van der Waals surface area contributed by atoms with Crippen molar-refractivity contribution in [3.05, 3.63) is 22.2 Å². The van der Waals surface area contributed by atoms with Crippen LogP contribution in [0.3, 0.4) is 0 Å². The number of ether oxygens (including phenoxy) is 2. The number of benzene rings is 1. The zero-order valence-corrected chi connectivity index (χ0v) is 14.6. The second-order valence-electron chi connectivity index (χ2n) is 5.33. The van der Waals surface area contributed by atoms with Gasteiger partial charge in [0.15, 0.2) is 11.5 Å². The highest BCUT2D eigenvalue weighted by Gasteiger charge is 2.16. The van der Waals surface area contributed by atoms with Crippen molar-refractivity contribution >= 4 is 25.8 Å². The Morgan fingerprint density at radius 2 is 2.05 bits per heavy atom. The van der Waals surface area contributed by atoms with Gasteiger partial charge in [-0.15, -0.1) is 0 Å². The Morgan fingerprint density at radius 3 is 2.76 bits per heavy atom. The molecule has 118 valence electrons. The highest BCUT2D eigenvalue weighted by atomic mass is 79.9. The third-order valence-electron chi connectivity index (χ3n) is 3.07. The molecule has 0 fully saturated rings. The van der Waals surface area contributed by atoms with Gasteiger partial charge in [0, 0.05) is 25.3 Å². The summed E-state index contributed by atoms with van der Waals surface area (Å²) in [5.41, 5.74) is 1.02. The van der Waals surface area contributed by atoms with Gasteiger partial charge in [0.2, 0.25) is 0 Å². The summed E-state index contributed by atoms with van der Waals surface area (Å²) < 4.78 is 34.7. The van der Waals surface area contributed by atoms with Crippen molar-refractivity contribution in [2.24, 2.45) is 0 Å². The fraction of sp³-hybridized carbons (Fsp3) is 0.571. The average molecular weight is 378 g/mol. The van der Waals surface area contributed by atoms with Gasteiger partial charge in [-0.1, -0.05) is 0 Å². The van der Waals surface area contributed by atoms with Crippen LogP contribution in [-0.4, -0.2) is 39.7 Å². The number of hydrogen-bond donors (Lipinski definition) is 1. The Balaban J connectivity index is 2.04. The lowest BCUT2D eigenvalue weighted by atomic mass is 10.2. The van der Waals surface area contributed by atoms with Crippen LogP contribution in [0.4, 0.5) is 0 Å². The van der Waals surface area contributed by atoms with Crippen LogP contribution in [0.15, 0.2) is 16.6 Å². The smallest absolute Gasteiger partial charge is 0.175 e. The average Bonchev–Trinajstić information content (AvgIpc) is 2.60. The Morgan fingerprint density at radius 1 is 1.33 bits per heavy atom. The number of sulfone groups is 1. The minimum Gasteiger partial charge on any atom is -0.490 e. The van der Waals surface area contributed by atoms with Gasteiger partial charge in [-0.05, 0) is 40.5 Å². The predicted molar refractivity (Wildman–Crippen MR) is 85.8 cm³/mol. The Labute approximate surface area is 134 Å². The quantitative estimate of drug-likeness (QED) is 0.851. The molecule has 2 rings (SSSR count). The minimum atomic E-state index is -2.97. The monoisotopic (exact) mass is 377 g/mol. The fourth-order valence-electron chi connectivity index (χ4n) is 2.19. The highest BCUT2D eigenvalue weighted by molar-refractivity contribution is 9.10. The Hall–Kier alpha value is -0.790. The molecule has 21 heavy (non-hydrogen) atoms. The summed E-state index contributed by atoms with van der Waals surface area (Å²) in [7, 11) is -2.97. The number of halogens is 1. The molecule has 1 N–H and O–H groups in total. The maximum atomic E-state index is 11.3. The van der Waals surface area contributed by atoms with Gasteiger partial charge in [-0.2, -0.15) is 0 Å². The van der Waals surface area contributed by atoms with Gasteiger partial charge < -0.3 is 14.8 Å². The van der Waals surface area contributed by atoms with E-state index in [9.17, 15) is 8.42 Å². The summed E-state index contributed by atoms with van der Waals surface area (Å²) in [5.74, 6) is 1.59. The van der Waals surface area contributed by atoms with Crippen LogP contribution in [0.1, 0.15) is 18.9 Å². The summed E-state index contributed by atoms with van der Waals surface area (Å²) >= 11 is 3.49. The molecule has 1 aromatic rings. The molecule has 0 aliphatic carbocycles. The van der Waals surface area contributed by atoms with E-state index in [0.29, 0.717) is 19.8 Å². The first-order valence-corrected chi connectivity index (χ1v) is 9.69. The van der Waals surface area contributed by atoms with Gasteiger partial charge in [0.25, 0.3) is 0 Å². The SMILES string of the molecule is CC(CS(C)(=O)=O)NCc1cc(Br)c2c(c1)OCCCO2. The lowest BCUT2D eigenvalue weighted by molar-refractivity contribution is 0.296. The van der Waals surface area contributed by atoms with Crippen molar-refractivity contribution in [2.75, 3.05) is 25.2 Å². The normalized spacial score (nSPS) is 16.3.